The minimum atomic E-state index is -0.994. The topological polar surface area (TPSA) is 51.1 Å². The highest BCUT2D eigenvalue weighted by Crippen LogP contribution is 2.26. The maximum atomic E-state index is 13.7. The molecule has 0 atom stereocenters. The van der Waals surface area contributed by atoms with Gasteiger partial charge in [-0.25, -0.2) is 18.6 Å². The summed E-state index contributed by atoms with van der Waals surface area (Å²) in [6.07, 6.45) is 0.494. The molecule has 7 heteroatoms. The van der Waals surface area contributed by atoms with Crippen LogP contribution in [0.25, 0.3) is 0 Å². The average Bonchev–Trinajstić information content (AvgIpc) is 2.73. The molecule has 2 aromatic rings. The van der Waals surface area contributed by atoms with Gasteiger partial charge in [0.15, 0.2) is 11.6 Å². The van der Waals surface area contributed by atoms with Crippen molar-refractivity contribution in [3.05, 3.63) is 77.0 Å². The molecule has 2 aromatic carbocycles. The number of halogens is 2. The van der Waals surface area contributed by atoms with Gasteiger partial charge in [0.1, 0.15) is 6.61 Å². The number of nitrogens with zero attached hydrogens (tertiary/aromatic N) is 2. The molecule has 1 aliphatic heterocycles. The monoisotopic (exact) mass is 386 g/mol. The number of methoxy groups -OCH3 is 1. The van der Waals surface area contributed by atoms with Gasteiger partial charge in [-0.05, 0) is 24.1 Å². The van der Waals surface area contributed by atoms with E-state index in [-0.39, 0.29) is 19.2 Å². The third-order valence-electron chi connectivity index (χ3n) is 4.32. The lowest BCUT2D eigenvalue weighted by Crippen LogP contribution is -2.39. The Kier molecular flexibility index (Phi) is 6.03. The number of carbonyl (C=O) groups is 1. The summed E-state index contributed by atoms with van der Waals surface area (Å²) in [7, 11) is 1.43. The van der Waals surface area contributed by atoms with Gasteiger partial charge < -0.3 is 9.47 Å². The first kappa shape index (κ1) is 19.5. The van der Waals surface area contributed by atoms with Crippen LogP contribution in [0.3, 0.4) is 0 Å². The van der Waals surface area contributed by atoms with E-state index in [1.54, 1.807) is 0 Å². The molecule has 28 heavy (non-hydrogen) atoms. The maximum Gasteiger partial charge on any atom is 0.338 e. The number of ether oxygens (including phenoxy) is 2. The maximum absolute atomic E-state index is 13.7. The van der Waals surface area contributed by atoms with Crippen molar-refractivity contribution in [3.8, 4) is 0 Å². The molecule has 146 valence electrons. The molecule has 0 aromatic heterocycles. The van der Waals surface area contributed by atoms with E-state index in [1.165, 1.54) is 18.1 Å². The number of allylic oxidation sites excluding steroid dienone is 1. The van der Waals surface area contributed by atoms with Crippen molar-refractivity contribution in [2.24, 2.45) is 4.99 Å². The van der Waals surface area contributed by atoms with E-state index in [1.807, 2.05) is 37.3 Å². The lowest BCUT2D eigenvalue weighted by molar-refractivity contribution is -0.140. The van der Waals surface area contributed by atoms with E-state index >= 15 is 0 Å². The van der Waals surface area contributed by atoms with Gasteiger partial charge in [0, 0.05) is 11.8 Å². The summed E-state index contributed by atoms with van der Waals surface area (Å²) < 4.78 is 37.7. The quantitative estimate of drug-likeness (QED) is 0.723. The molecule has 0 saturated carbocycles. The first-order chi connectivity index (χ1) is 13.5. The van der Waals surface area contributed by atoms with E-state index in [2.05, 4.69) is 4.99 Å². The van der Waals surface area contributed by atoms with Crippen LogP contribution in [0.4, 0.5) is 14.5 Å². The number of amidine groups is 1. The van der Waals surface area contributed by atoms with Crippen LogP contribution in [0.5, 0.6) is 0 Å². The standard InChI is InChI=1S/C21H20F2N2O3/c1-3-19-16(20(26)28-13-14-7-5-4-6-8-14)12-25(21(24-19)27-2)15-9-10-17(22)18(23)11-15/h4-11H,3,12-13H2,1-2H3. The lowest BCUT2D eigenvalue weighted by atomic mass is 10.1. The Labute approximate surface area is 161 Å². The first-order valence-electron chi connectivity index (χ1n) is 8.81. The number of carbonyl (C=O) groups excluding carboxylic acids is 1. The lowest BCUT2D eigenvalue weighted by Gasteiger charge is -2.29. The Bertz CT molecular complexity index is 927. The summed E-state index contributed by atoms with van der Waals surface area (Å²) >= 11 is 0. The zero-order chi connectivity index (χ0) is 20.1. The highest BCUT2D eigenvalue weighted by atomic mass is 19.2. The van der Waals surface area contributed by atoms with E-state index in [4.69, 9.17) is 9.47 Å². The van der Waals surface area contributed by atoms with Gasteiger partial charge in [0.05, 0.1) is 24.9 Å². The number of rotatable bonds is 5. The molecule has 0 bridgehead atoms. The third-order valence-corrected chi connectivity index (χ3v) is 4.32. The number of esters is 1. The predicted molar refractivity (Wildman–Crippen MR) is 102 cm³/mol. The second-order valence-corrected chi connectivity index (χ2v) is 6.12. The number of benzene rings is 2. The van der Waals surface area contributed by atoms with Crippen molar-refractivity contribution in [2.45, 2.75) is 20.0 Å². The second-order valence-electron chi connectivity index (χ2n) is 6.12. The SMILES string of the molecule is CCC1=C(C(=O)OCc2ccccc2)CN(c2ccc(F)c(F)c2)C(OC)=N1. The zero-order valence-corrected chi connectivity index (χ0v) is 15.6. The summed E-state index contributed by atoms with van der Waals surface area (Å²) in [5, 5.41) is 0. The van der Waals surface area contributed by atoms with Crippen LogP contribution in [0, 0.1) is 11.6 Å². The Balaban J connectivity index is 1.85. The molecular formula is C21H20F2N2O3. The van der Waals surface area contributed by atoms with Crippen molar-refractivity contribution in [1.29, 1.82) is 0 Å². The zero-order valence-electron chi connectivity index (χ0n) is 15.6. The van der Waals surface area contributed by atoms with Gasteiger partial charge in [0.2, 0.25) is 0 Å². The smallest absolute Gasteiger partial charge is 0.338 e. The summed E-state index contributed by atoms with van der Waals surface area (Å²) in [6, 6.07) is 13.0. The van der Waals surface area contributed by atoms with E-state index in [0.29, 0.717) is 23.4 Å². The molecule has 1 aliphatic rings. The molecule has 1 heterocycles. The summed E-state index contributed by atoms with van der Waals surface area (Å²) in [4.78, 5) is 18.6. The number of aliphatic imine (C=N–C) groups is 1. The van der Waals surface area contributed by atoms with E-state index in [9.17, 15) is 13.6 Å². The van der Waals surface area contributed by atoms with Crippen molar-refractivity contribution in [2.75, 3.05) is 18.6 Å². The first-order valence-corrected chi connectivity index (χ1v) is 8.81. The molecule has 0 saturated heterocycles. The van der Waals surface area contributed by atoms with Gasteiger partial charge in [-0.1, -0.05) is 37.3 Å². The van der Waals surface area contributed by atoms with Crippen LogP contribution >= 0.6 is 0 Å². The summed E-state index contributed by atoms with van der Waals surface area (Å²) in [5.74, 6) is -2.46. The Morgan fingerprint density at radius 2 is 1.89 bits per heavy atom. The third kappa shape index (κ3) is 4.19. The van der Waals surface area contributed by atoms with Crippen molar-refractivity contribution in [3.63, 3.8) is 0 Å². The molecule has 0 amide bonds. The molecule has 0 aliphatic carbocycles. The predicted octanol–water partition coefficient (Wildman–Crippen LogP) is 4.19. The molecule has 0 fully saturated rings. The molecule has 0 radical (unpaired) electrons. The van der Waals surface area contributed by atoms with Gasteiger partial charge in [0.25, 0.3) is 6.02 Å². The van der Waals surface area contributed by atoms with Gasteiger partial charge in [-0.15, -0.1) is 0 Å². The minimum absolute atomic E-state index is 0.0779. The van der Waals surface area contributed by atoms with Gasteiger partial charge in [-0.3, -0.25) is 4.90 Å². The molecule has 0 unspecified atom stereocenters. The summed E-state index contributed by atoms with van der Waals surface area (Å²) in [5.41, 5.74) is 2.07. The van der Waals surface area contributed by atoms with Crippen LogP contribution in [-0.4, -0.2) is 25.6 Å². The fourth-order valence-electron chi connectivity index (χ4n) is 2.86. The Hall–Kier alpha value is -3.22. The van der Waals surface area contributed by atoms with Gasteiger partial charge in [-0.2, -0.15) is 0 Å². The second kappa shape index (κ2) is 8.65. The molecule has 0 spiro atoms. The normalized spacial score (nSPS) is 14.0. The van der Waals surface area contributed by atoms with Crippen LogP contribution < -0.4 is 4.90 Å². The number of hydrogen-bond acceptors (Lipinski definition) is 5. The Morgan fingerprint density at radius 3 is 2.54 bits per heavy atom. The number of hydrogen-bond donors (Lipinski definition) is 0. The van der Waals surface area contributed by atoms with Crippen LogP contribution in [-0.2, 0) is 20.9 Å². The van der Waals surface area contributed by atoms with Crippen LogP contribution in [0.2, 0.25) is 0 Å². The van der Waals surface area contributed by atoms with Crippen molar-refractivity contribution < 1.29 is 23.0 Å². The Morgan fingerprint density at radius 1 is 1.14 bits per heavy atom. The fourth-order valence-corrected chi connectivity index (χ4v) is 2.86. The molecular weight excluding hydrogens is 366 g/mol. The minimum Gasteiger partial charge on any atom is -0.468 e. The highest BCUT2D eigenvalue weighted by Gasteiger charge is 2.28. The van der Waals surface area contributed by atoms with Gasteiger partial charge >= 0.3 is 5.97 Å². The summed E-state index contributed by atoms with van der Waals surface area (Å²) in [6.45, 7) is 2.07. The largest absolute Gasteiger partial charge is 0.468 e. The van der Waals surface area contributed by atoms with Crippen molar-refractivity contribution in [1.82, 2.24) is 0 Å². The van der Waals surface area contributed by atoms with Crippen molar-refractivity contribution >= 4 is 17.7 Å². The average molecular weight is 386 g/mol. The fraction of sp³-hybridized carbons (Fsp3) is 0.238. The highest BCUT2D eigenvalue weighted by molar-refractivity contribution is 6.00. The molecule has 3 rings (SSSR count). The molecule has 5 nitrogen and oxygen atoms in total. The number of anilines is 1. The molecule has 0 N–H and O–H groups in total. The van der Waals surface area contributed by atoms with E-state index < -0.39 is 17.6 Å². The van der Waals surface area contributed by atoms with Crippen LogP contribution in [0.1, 0.15) is 18.9 Å². The van der Waals surface area contributed by atoms with Crippen LogP contribution in [0.15, 0.2) is 64.8 Å². The van der Waals surface area contributed by atoms with E-state index in [0.717, 1.165) is 17.7 Å².